The third kappa shape index (κ3) is 5.35. The molecule has 2 amide bonds. The molecule has 0 aromatic carbocycles. The number of carbonyl (C=O) groups is 2. The van der Waals surface area contributed by atoms with Gasteiger partial charge in [0, 0.05) is 26.2 Å². The van der Waals surface area contributed by atoms with Gasteiger partial charge in [-0.3, -0.25) is 14.5 Å². The van der Waals surface area contributed by atoms with Crippen molar-refractivity contribution in [2.75, 3.05) is 40.3 Å². The van der Waals surface area contributed by atoms with Crippen molar-refractivity contribution in [2.45, 2.75) is 31.8 Å². The second-order valence-electron chi connectivity index (χ2n) is 6.35. The maximum absolute atomic E-state index is 12.3. The lowest BCUT2D eigenvalue weighted by Gasteiger charge is -2.24. The first-order valence-corrected chi connectivity index (χ1v) is 8.40. The van der Waals surface area contributed by atoms with Crippen molar-refractivity contribution < 1.29 is 19.1 Å². The number of hydrogen-bond acceptors (Lipinski definition) is 5. The molecule has 7 nitrogen and oxygen atoms in total. The molecule has 1 aliphatic rings. The summed E-state index contributed by atoms with van der Waals surface area (Å²) < 4.78 is 5.30. The highest BCUT2D eigenvalue weighted by Gasteiger charge is 2.36. The van der Waals surface area contributed by atoms with Gasteiger partial charge in [0.05, 0.1) is 19.4 Å². The Labute approximate surface area is 142 Å². The van der Waals surface area contributed by atoms with Crippen LogP contribution in [0.3, 0.4) is 0 Å². The SMILES string of the molecule is CN(CCCN(C)C(=O)C(=O)N(CCO)C1CC1)Cc1ccco1. The molecule has 0 atom stereocenters. The minimum absolute atomic E-state index is 0.114. The summed E-state index contributed by atoms with van der Waals surface area (Å²) in [6, 6.07) is 3.92. The molecule has 0 spiro atoms. The lowest BCUT2D eigenvalue weighted by atomic mass is 10.3. The molecular weight excluding hydrogens is 310 g/mol. The predicted octanol–water partition coefficient (Wildman–Crippen LogP) is 0.543. The number of likely N-dealkylation sites (N-methyl/N-ethyl adjacent to an activating group) is 1. The van der Waals surface area contributed by atoms with E-state index in [1.54, 1.807) is 13.3 Å². The molecule has 2 rings (SSSR count). The summed E-state index contributed by atoms with van der Waals surface area (Å²) in [5.41, 5.74) is 0. The van der Waals surface area contributed by atoms with Crippen molar-refractivity contribution in [3.8, 4) is 0 Å². The maximum atomic E-state index is 12.3. The molecule has 1 aliphatic carbocycles. The normalized spacial score (nSPS) is 14.0. The number of amides is 2. The van der Waals surface area contributed by atoms with Gasteiger partial charge in [-0.25, -0.2) is 0 Å². The van der Waals surface area contributed by atoms with Crippen LogP contribution in [0.2, 0.25) is 0 Å². The minimum atomic E-state index is -0.502. The zero-order chi connectivity index (χ0) is 17.5. The van der Waals surface area contributed by atoms with Gasteiger partial charge < -0.3 is 19.3 Å². The number of furan rings is 1. The zero-order valence-corrected chi connectivity index (χ0v) is 14.5. The van der Waals surface area contributed by atoms with Gasteiger partial charge in [0.2, 0.25) is 0 Å². The third-order valence-corrected chi connectivity index (χ3v) is 4.16. The Morgan fingerprint density at radius 2 is 1.96 bits per heavy atom. The van der Waals surface area contributed by atoms with Gasteiger partial charge in [-0.15, -0.1) is 0 Å². The number of nitrogens with zero attached hydrogens (tertiary/aromatic N) is 3. The molecule has 7 heteroatoms. The van der Waals surface area contributed by atoms with E-state index < -0.39 is 11.8 Å². The van der Waals surface area contributed by atoms with E-state index in [1.807, 2.05) is 19.2 Å². The van der Waals surface area contributed by atoms with Gasteiger partial charge in [-0.1, -0.05) is 0 Å². The highest BCUT2D eigenvalue weighted by Crippen LogP contribution is 2.26. The van der Waals surface area contributed by atoms with E-state index in [9.17, 15) is 9.59 Å². The van der Waals surface area contributed by atoms with Crippen molar-refractivity contribution in [3.05, 3.63) is 24.2 Å². The fraction of sp³-hybridized carbons (Fsp3) is 0.647. The molecule has 134 valence electrons. The molecule has 1 aromatic rings. The van der Waals surface area contributed by atoms with Crippen LogP contribution in [0, 0.1) is 0 Å². The van der Waals surface area contributed by atoms with Crippen LogP contribution in [0.25, 0.3) is 0 Å². The first-order valence-electron chi connectivity index (χ1n) is 8.40. The van der Waals surface area contributed by atoms with Gasteiger partial charge in [-0.05, 0) is 45.0 Å². The predicted molar refractivity (Wildman–Crippen MR) is 89.1 cm³/mol. The lowest BCUT2D eigenvalue weighted by molar-refractivity contribution is -0.151. The molecule has 1 saturated carbocycles. The minimum Gasteiger partial charge on any atom is -0.468 e. The van der Waals surface area contributed by atoms with Gasteiger partial charge in [-0.2, -0.15) is 0 Å². The average Bonchev–Trinajstić information content (AvgIpc) is 3.28. The van der Waals surface area contributed by atoms with E-state index in [4.69, 9.17) is 9.52 Å². The van der Waals surface area contributed by atoms with Crippen LogP contribution in [-0.4, -0.2) is 78.0 Å². The Bertz CT molecular complexity index is 528. The smallest absolute Gasteiger partial charge is 0.312 e. The fourth-order valence-electron chi connectivity index (χ4n) is 2.66. The van der Waals surface area contributed by atoms with E-state index in [0.29, 0.717) is 6.54 Å². The van der Waals surface area contributed by atoms with Crippen molar-refractivity contribution in [2.24, 2.45) is 0 Å². The molecule has 1 N–H and O–H groups in total. The van der Waals surface area contributed by atoms with Gasteiger partial charge >= 0.3 is 11.8 Å². The summed E-state index contributed by atoms with van der Waals surface area (Å²) in [6.07, 6.45) is 4.26. The Balaban J connectivity index is 1.71. The lowest BCUT2D eigenvalue weighted by Crippen LogP contribution is -2.46. The van der Waals surface area contributed by atoms with E-state index >= 15 is 0 Å². The van der Waals surface area contributed by atoms with Crippen LogP contribution in [0.15, 0.2) is 22.8 Å². The summed E-state index contributed by atoms with van der Waals surface area (Å²) in [4.78, 5) is 29.6. The number of aliphatic hydroxyl groups excluding tert-OH is 1. The van der Waals surface area contributed by atoms with Crippen molar-refractivity contribution >= 4 is 11.8 Å². The number of carbonyl (C=O) groups excluding carboxylic acids is 2. The van der Waals surface area contributed by atoms with Gasteiger partial charge in [0.15, 0.2) is 0 Å². The number of rotatable bonds is 9. The van der Waals surface area contributed by atoms with Crippen molar-refractivity contribution in [1.82, 2.24) is 14.7 Å². The largest absolute Gasteiger partial charge is 0.468 e. The van der Waals surface area contributed by atoms with Crippen molar-refractivity contribution in [1.29, 1.82) is 0 Å². The summed E-state index contributed by atoms with van der Waals surface area (Å²) in [5, 5.41) is 9.06. The topological polar surface area (TPSA) is 77.2 Å². The van der Waals surface area contributed by atoms with E-state index in [1.165, 1.54) is 9.80 Å². The highest BCUT2D eigenvalue weighted by molar-refractivity contribution is 6.34. The first-order chi connectivity index (χ1) is 11.5. The molecule has 0 saturated heterocycles. The summed E-state index contributed by atoms with van der Waals surface area (Å²) in [5.74, 6) is -0.0942. The summed E-state index contributed by atoms with van der Waals surface area (Å²) in [7, 11) is 3.64. The first kappa shape index (κ1) is 18.5. The monoisotopic (exact) mass is 337 g/mol. The fourth-order valence-corrected chi connectivity index (χ4v) is 2.66. The molecule has 1 heterocycles. The Morgan fingerprint density at radius 3 is 2.54 bits per heavy atom. The quantitative estimate of drug-likeness (QED) is 0.666. The van der Waals surface area contributed by atoms with Gasteiger partial charge in [0.25, 0.3) is 0 Å². The van der Waals surface area contributed by atoms with E-state index in [0.717, 1.165) is 38.1 Å². The molecule has 1 fully saturated rings. The highest BCUT2D eigenvalue weighted by atomic mass is 16.3. The molecular formula is C17H27N3O4. The number of aliphatic hydroxyl groups is 1. The Morgan fingerprint density at radius 1 is 1.21 bits per heavy atom. The van der Waals surface area contributed by atoms with Crippen LogP contribution >= 0.6 is 0 Å². The third-order valence-electron chi connectivity index (χ3n) is 4.16. The van der Waals surface area contributed by atoms with Crippen LogP contribution in [0.5, 0.6) is 0 Å². The molecule has 0 unspecified atom stereocenters. The van der Waals surface area contributed by atoms with Crippen LogP contribution in [0.4, 0.5) is 0 Å². The summed E-state index contributed by atoms with van der Waals surface area (Å²) in [6.45, 7) is 2.15. The number of hydrogen-bond donors (Lipinski definition) is 1. The summed E-state index contributed by atoms with van der Waals surface area (Å²) >= 11 is 0. The molecule has 0 radical (unpaired) electrons. The van der Waals surface area contributed by atoms with Crippen LogP contribution in [0.1, 0.15) is 25.0 Å². The second kappa shape index (κ2) is 8.84. The molecule has 0 bridgehead atoms. The van der Waals surface area contributed by atoms with E-state index in [-0.39, 0.29) is 19.2 Å². The molecule has 0 aliphatic heterocycles. The Kier molecular flexibility index (Phi) is 6.81. The van der Waals surface area contributed by atoms with Crippen LogP contribution < -0.4 is 0 Å². The van der Waals surface area contributed by atoms with E-state index in [2.05, 4.69) is 4.90 Å². The second-order valence-corrected chi connectivity index (χ2v) is 6.35. The Hall–Kier alpha value is -1.86. The molecule has 24 heavy (non-hydrogen) atoms. The molecule has 1 aromatic heterocycles. The maximum Gasteiger partial charge on any atom is 0.312 e. The average molecular weight is 337 g/mol. The van der Waals surface area contributed by atoms with Crippen molar-refractivity contribution in [3.63, 3.8) is 0 Å². The van der Waals surface area contributed by atoms with Crippen LogP contribution in [-0.2, 0) is 16.1 Å². The van der Waals surface area contributed by atoms with Gasteiger partial charge in [0.1, 0.15) is 5.76 Å². The standard InChI is InChI=1S/C17H27N3O4/c1-18(13-15-5-3-12-24-15)8-4-9-19(2)16(22)17(23)20(10-11-21)14-6-7-14/h3,5,12,14,21H,4,6-11,13H2,1-2H3. The zero-order valence-electron chi connectivity index (χ0n) is 14.5.